The molecule has 0 aliphatic carbocycles. The van der Waals surface area contributed by atoms with Gasteiger partial charge in [0, 0.05) is 12.4 Å². The van der Waals surface area contributed by atoms with Gasteiger partial charge in [0.1, 0.15) is 6.54 Å². The Morgan fingerprint density at radius 3 is 2.44 bits per heavy atom. The van der Waals surface area contributed by atoms with Gasteiger partial charge >= 0.3 is 11.9 Å². The van der Waals surface area contributed by atoms with Crippen molar-refractivity contribution in [1.29, 1.82) is 0 Å². The van der Waals surface area contributed by atoms with E-state index in [0.717, 1.165) is 0 Å². The van der Waals surface area contributed by atoms with Crippen molar-refractivity contribution in [2.75, 3.05) is 27.6 Å². The summed E-state index contributed by atoms with van der Waals surface area (Å²) in [5, 5.41) is 19.1. The number of esters is 1. The molecule has 0 aliphatic heterocycles. The molecule has 0 unspecified atom stereocenters. The van der Waals surface area contributed by atoms with Crippen molar-refractivity contribution in [2.45, 2.75) is 25.4 Å². The first kappa shape index (κ1) is 11.5. The highest BCUT2D eigenvalue weighted by molar-refractivity contribution is 5.77. The molecule has 7 nitrogen and oxygen atoms in total. The number of carbonyl (C=O) groups excluding carboxylic acids is 2. The number of carboxylic acid groups (broad SMARTS) is 2. The summed E-state index contributed by atoms with van der Waals surface area (Å²) in [5.41, 5.74) is 0. The van der Waals surface area contributed by atoms with Gasteiger partial charge < -0.3 is 24.2 Å². The summed E-state index contributed by atoms with van der Waals surface area (Å²) in [6, 6.07) is 0. The Labute approximate surface area is 110 Å². The van der Waals surface area contributed by atoms with E-state index in [1.807, 2.05) is 0 Å². The van der Waals surface area contributed by atoms with E-state index in [2.05, 4.69) is 0 Å². The number of carboxylic acids is 2. The van der Waals surface area contributed by atoms with Gasteiger partial charge in [0.15, 0.2) is 6.10 Å². The van der Waals surface area contributed by atoms with E-state index in [1.54, 1.807) is 0 Å². The number of ether oxygens (including phenoxy) is 1. The van der Waals surface area contributed by atoms with Crippen LogP contribution in [0.4, 0.5) is 0 Å². The van der Waals surface area contributed by atoms with Crippen molar-refractivity contribution >= 4 is 17.9 Å². The van der Waals surface area contributed by atoms with Gasteiger partial charge in [0.05, 0.1) is 38.0 Å². The lowest BCUT2D eigenvalue weighted by Gasteiger charge is -2.29. The SMILES string of the molecule is [2H]C([2H])([2H])[N+](C)(C)C[C@@H](CC(=O)[O-])OC(=O)CCC(=O)O. The predicted octanol–water partition coefficient (Wildman–Crippen LogP) is -1.39. The number of quaternary nitrogens is 1. The summed E-state index contributed by atoms with van der Waals surface area (Å²) in [6.45, 7) is -2.68. The maximum absolute atomic E-state index is 11.4. The van der Waals surface area contributed by atoms with Gasteiger partial charge in [0.25, 0.3) is 0 Å². The minimum absolute atomic E-state index is 0.261. The highest BCUT2D eigenvalue weighted by Gasteiger charge is 2.22. The van der Waals surface area contributed by atoms with E-state index in [9.17, 15) is 19.5 Å². The molecule has 7 heteroatoms. The van der Waals surface area contributed by atoms with Crippen LogP contribution in [0.3, 0.4) is 0 Å². The topological polar surface area (TPSA) is 104 Å². The van der Waals surface area contributed by atoms with Crippen molar-refractivity contribution < 1.29 is 37.9 Å². The summed E-state index contributed by atoms with van der Waals surface area (Å²) in [5.74, 6) is -3.58. The molecule has 0 amide bonds. The van der Waals surface area contributed by atoms with E-state index >= 15 is 0 Å². The van der Waals surface area contributed by atoms with Crippen LogP contribution in [0.1, 0.15) is 23.4 Å². The number of hydrogen-bond donors (Lipinski definition) is 1. The molecule has 0 rings (SSSR count). The lowest BCUT2D eigenvalue weighted by molar-refractivity contribution is -0.873. The highest BCUT2D eigenvalue weighted by Crippen LogP contribution is 2.06. The average Bonchev–Trinajstić information content (AvgIpc) is 2.22. The van der Waals surface area contributed by atoms with Crippen LogP contribution in [0.25, 0.3) is 0 Å². The molecule has 0 bridgehead atoms. The zero-order valence-corrected chi connectivity index (χ0v) is 10.3. The number of carbonyl (C=O) groups is 3. The van der Waals surface area contributed by atoms with Crippen LogP contribution in [0.2, 0.25) is 0 Å². The van der Waals surface area contributed by atoms with Gasteiger partial charge in [-0.3, -0.25) is 9.59 Å². The third-order valence-corrected chi connectivity index (χ3v) is 1.90. The lowest BCUT2D eigenvalue weighted by atomic mass is 10.2. The second-order valence-corrected chi connectivity index (χ2v) is 4.45. The Kier molecular flexibility index (Phi) is 4.42. The summed E-state index contributed by atoms with van der Waals surface area (Å²) < 4.78 is 26.4. The maximum Gasteiger partial charge on any atom is 0.306 e. The van der Waals surface area contributed by atoms with Crippen molar-refractivity contribution in [1.82, 2.24) is 0 Å². The Morgan fingerprint density at radius 1 is 1.39 bits per heavy atom. The Balaban J connectivity index is 4.77. The molecule has 0 saturated heterocycles. The quantitative estimate of drug-likeness (QED) is 0.427. The fourth-order valence-electron chi connectivity index (χ4n) is 1.29. The summed E-state index contributed by atoms with van der Waals surface area (Å²) >= 11 is 0. The Bertz CT molecular complexity index is 407. The van der Waals surface area contributed by atoms with Gasteiger partial charge in [-0.2, -0.15) is 0 Å². The number of aliphatic carboxylic acids is 2. The van der Waals surface area contributed by atoms with Gasteiger partial charge in [-0.05, 0) is 0 Å². The minimum Gasteiger partial charge on any atom is -0.550 e. The fourth-order valence-corrected chi connectivity index (χ4v) is 1.29. The first-order valence-electron chi connectivity index (χ1n) is 6.79. The first-order chi connectivity index (χ1) is 9.35. The molecule has 0 aliphatic rings. The van der Waals surface area contributed by atoms with Gasteiger partial charge in [-0.25, -0.2) is 0 Å². The van der Waals surface area contributed by atoms with Crippen LogP contribution < -0.4 is 5.11 Å². The molecule has 18 heavy (non-hydrogen) atoms. The molecule has 0 fully saturated rings. The second-order valence-electron chi connectivity index (χ2n) is 4.45. The van der Waals surface area contributed by atoms with Crippen LogP contribution >= 0.6 is 0 Å². The normalized spacial score (nSPS) is 16.0. The molecule has 0 aromatic heterocycles. The molecule has 104 valence electrons. The van der Waals surface area contributed by atoms with Gasteiger partial charge in [0.2, 0.25) is 0 Å². The zero-order valence-electron chi connectivity index (χ0n) is 13.3. The predicted molar refractivity (Wildman–Crippen MR) is 59.3 cm³/mol. The third-order valence-electron chi connectivity index (χ3n) is 1.90. The molecule has 0 heterocycles. The maximum atomic E-state index is 11.4. The Hall–Kier alpha value is -1.63. The number of rotatable bonds is 8. The van der Waals surface area contributed by atoms with E-state index < -0.39 is 54.7 Å². The van der Waals surface area contributed by atoms with Crippen LogP contribution in [-0.4, -0.2) is 61.2 Å². The lowest BCUT2D eigenvalue weighted by Crippen LogP contribution is -2.45. The number of nitrogens with zero attached hydrogens (tertiary/aromatic N) is 1. The molecule has 0 radical (unpaired) electrons. The van der Waals surface area contributed by atoms with Gasteiger partial charge in [-0.15, -0.1) is 0 Å². The van der Waals surface area contributed by atoms with Crippen molar-refractivity contribution in [3.8, 4) is 0 Å². The second kappa shape index (κ2) is 6.95. The first-order valence-corrected chi connectivity index (χ1v) is 5.29. The molecule has 0 spiro atoms. The molecule has 1 N–H and O–H groups in total. The number of hydrogen-bond acceptors (Lipinski definition) is 5. The van der Waals surface area contributed by atoms with Crippen LogP contribution in [-0.2, 0) is 19.1 Å². The molecular weight excluding hydrogens is 242 g/mol. The van der Waals surface area contributed by atoms with Crippen molar-refractivity contribution in [2.24, 2.45) is 0 Å². The van der Waals surface area contributed by atoms with Crippen molar-refractivity contribution in [3.05, 3.63) is 0 Å². The minimum atomic E-state index is -2.42. The standard InChI is InChI=1S/C11H19NO6/c1-12(2,3)7-8(6-10(15)16)18-11(17)5-4-9(13)14/h8H,4-7H2,1-3H3,(H-,13,14,15,16)/t8-/m1/s1/i1D3. The highest BCUT2D eigenvalue weighted by atomic mass is 16.5. The molecular formula is C11H19NO6. The van der Waals surface area contributed by atoms with E-state index in [-0.39, 0.29) is 6.54 Å². The monoisotopic (exact) mass is 264 g/mol. The third kappa shape index (κ3) is 9.59. The van der Waals surface area contributed by atoms with Crippen LogP contribution in [0.5, 0.6) is 0 Å². The molecule has 0 aromatic carbocycles. The molecule has 0 saturated carbocycles. The van der Waals surface area contributed by atoms with Crippen molar-refractivity contribution in [3.63, 3.8) is 0 Å². The van der Waals surface area contributed by atoms with E-state index in [1.165, 1.54) is 14.1 Å². The number of likely N-dealkylation sites (N-methyl/N-ethyl adjacent to an activating group) is 1. The molecule has 0 aromatic rings. The average molecular weight is 264 g/mol. The van der Waals surface area contributed by atoms with E-state index in [4.69, 9.17) is 14.0 Å². The van der Waals surface area contributed by atoms with E-state index in [0.29, 0.717) is 0 Å². The summed E-state index contributed by atoms with van der Waals surface area (Å²) in [4.78, 5) is 32.4. The van der Waals surface area contributed by atoms with Gasteiger partial charge in [-0.1, -0.05) is 0 Å². The fraction of sp³-hybridized carbons (Fsp3) is 0.727. The van der Waals surface area contributed by atoms with Crippen LogP contribution in [0, 0.1) is 0 Å². The Morgan fingerprint density at radius 2 is 2.00 bits per heavy atom. The summed E-state index contributed by atoms with van der Waals surface area (Å²) in [7, 11) is 2.70. The summed E-state index contributed by atoms with van der Waals surface area (Å²) in [6.07, 6.45) is -2.72. The zero-order chi connectivity index (χ0) is 16.8. The largest absolute Gasteiger partial charge is 0.550 e. The smallest absolute Gasteiger partial charge is 0.306 e. The molecule has 1 atom stereocenters. The van der Waals surface area contributed by atoms with Crippen LogP contribution in [0.15, 0.2) is 0 Å².